The highest BCUT2D eigenvalue weighted by Gasteiger charge is 2.17. The van der Waals surface area contributed by atoms with Gasteiger partial charge in [-0.1, -0.05) is 13.0 Å². The molecule has 82 valence electrons. The Bertz CT molecular complexity index is 161. The van der Waals surface area contributed by atoms with E-state index in [0.717, 1.165) is 26.0 Å². The van der Waals surface area contributed by atoms with Crippen LogP contribution in [0.4, 0.5) is 0 Å². The van der Waals surface area contributed by atoms with Crippen molar-refractivity contribution in [3.8, 4) is 0 Å². The first-order valence-electron chi connectivity index (χ1n) is 5.54. The largest absolute Gasteiger partial charge is 0.502 e. The summed E-state index contributed by atoms with van der Waals surface area (Å²) in [4.78, 5) is 0. The molecule has 0 aromatic rings. The van der Waals surface area contributed by atoms with Gasteiger partial charge in [-0.05, 0) is 32.2 Å². The van der Waals surface area contributed by atoms with Crippen LogP contribution in [0.5, 0.6) is 0 Å². The molecule has 1 fully saturated rings. The van der Waals surface area contributed by atoms with Crippen molar-refractivity contribution >= 4 is 0 Å². The third-order valence-electron chi connectivity index (χ3n) is 2.70. The molecule has 14 heavy (non-hydrogen) atoms. The molecule has 2 atom stereocenters. The second-order valence-corrected chi connectivity index (χ2v) is 3.97. The van der Waals surface area contributed by atoms with Crippen LogP contribution < -0.4 is 11.1 Å². The van der Waals surface area contributed by atoms with E-state index >= 15 is 0 Å². The number of nitrogens with two attached hydrogens (primary N) is 1. The quantitative estimate of drug-likeness (QED) is 0.501. The molecule has 0 spiro atoms. The molecule has 0 radical (unpaired) electrons. The summed E-state index contributed by atoms with van der Waals surface area (Å²) in [6.45, 7) is 5.28. The van der Waals surface area contributed by atoms with Crippen LogP contribution in [0.2, 0.25) is 0 Å². The lowest BCUT2D eigenvalue weighted by atomic mass is 9.91. The highest BCUT2D eigenvalue weighted by Crippen LogP contribution is 2.16. The fourth-order valence-electron chi connectivity index (χ4n) is 1.96. The van der Waals surface area contributed by atoms with Gasteiger partial charge in [-0.25, -0.2) is 0 Å². The van der Waals surface area contributed by atoms with Crippen LogP contribution in [0.1, 0.15) is 32.1 Å². The second-order valence-electron chi connectivity index (χ2n) is 3.97. The predicted molar refractivity (Wildman–Crippen MR) is 59.0 cm³/mol. The zero-order valence-corrected chi connectivity index (χ0v) is 8.87. The predicted octanol–water partition coefficient (Wildman–Crippen LogP) is 1.40. The molecule has 2 unspecified atom stereocenters. The van der Waals surface area contributed by atoms with Gasteiger partial charge in [0.15, 0.2) is 0 Å². The third kappa shape index (κ3) is 4.63. The van der Waals surface area contributed by atoms with Gasteiger partial charge >= 0.3 is 0 Å². The molecule has 1 aliphatic carbocycles. The normalized spacial score (nSPS) is 27.2. The fourth-order valence-corrected chi connectivity index (χ4v) is 1.96. The van der Waals surface area contributed by atoms with E-state index in [9.17, 15) is 0 Å². The molecule has 1 rings (SSSR count). The first-order chi connectivity index (χ1) is 6.83. The van der Waals surface area contributed by atoms with Crippen LogP contribution in [-0.4, -0.2) is 25.2 Å². The molecule has 1 saturated carbocycles. The summed E-state index contributed by atoms with van der Waals surface area (Å²) in [5.41, 5.74) is 5.90. The van der Waals surface area contributed by atoms with Crippen molar-refractivity contribution in [2.45, 2.75) is 44.2 Å². The van der Waals surface area contributed by atoms with Crippen molar-refractivity contribution in [3.63, 3.8) is 0 Å². The number of nitrogens with one attached hydrogen (secondary N) is 1. The minimum absolute atomic E-state index is 0.408. The molecular weight excluding hydrogens is 176 g/mol. The van der Waals surface area contributed by atoms with Gasteiger partial charge < -0.3 is 15.8 Å². The number of hydrogen-bond acceptors (Lipinski definition) is 3. The standard InChI is InChI=1S/C11H22N2O/c1-2-14-8-4-7-13-11-6-3-5-10(12)9-11/h2,10-11,13H,1,3-9,12H2. The molecular formula is C11H22N2O. The van der Waals surface area contributed by atoms with E-state index in [1.807, 2.05) is 0 Å². The first-order valence-corrected chi connectivity index (χ1v) is 5.54. The van der Waals surface area contributed by atoms with E-state index < -0.39 is 0 Å². The molecule has 3 nitrogen and oxygen atoms in total. The minimum atomic E-state index is 0.408. The summed E-state index contributed by atoms with van der Waals surface area (Å²) in [5, 5.41) is 3.52. The van der Waals surface area contributed by atoms with Crippen molar-refractivity contribution in [1.29, 1.82) is 0 Å². The van der Waals surface area contributed by atoms with Crippen LogP contribution in [0.3, 0.4) is 0 Å². The molecule has 0 aromatic heterocycles. The summed E-state index contributed by atoms with van der Waals surface area (Å²) < 4.78 is 5.04. The third-order valence-corrected chi connectivity index (χ3v) is 2.70. The number of rotatable bonds is 6. The van der Waals surface area contributed by atoms with Gasteiger partial charge in [0.2, 0.25) is 0 Å². The molecule has 0 amide bonds. The Labute approximate surface area is 86.7 Å². The Morgan fingerprint density at radius 1 is 1.50 bits per heavy atom. The van der Waals surface area contributed by atoms with Crippen molar-refractivity contribution in [2.75, 3.05) is 13.2 Å². The van der Waals surface area contributed by atoms with Crippen molar-refractivity contribution in [1.82, 2.24) is 5.32 Å². The van der Waals surface area contributed by atoms with E-state index in [1.54, 1.807) is 0 Å². The molecule has 1 aliphatic rings. The first kappa shape index (κ1) is 11.5. The average molecular weight is 198 g/mol. The fraction of sp³-hybridized carbons (Fsp3) is 0.818. The maximum atomic E-state index is 5.90. The molecule has 0 heterocycles. The van der Waals surface area contributed by atoms with Gasteiger partial charge in [0.05, 0.1) is 12.9 Å². The highest BCUT2D eigenvalue weighted by atomic mass is 16.5. The molecule has 0 aliphatic heterocycles. The van der Waals surface area contributed by atoms with Crippen molar-refractivity contribution in [3.05, 3.63) is 12.8 Å². The average Bonchev–Trinajstić information content (AvgIpc) is 2.18. The summed E-state index contributed by atoms with van der Waals surface area (Å²) in [5.74, 6) is 0. The Kier molecular flexibility index (Phi) is 5.64. The van der Waals surface area contributed by atoms with Crippen LogP contribution >= 0.6 is 0 Å². The molecule has 0 bridgehead atoms. The van der Waals surface area contributed by atoms with E-state index in [2.05, 4.69) is 11.9 Å². The van der Waals surface area contributed by atoms with E-state index in [0.29, 0.717) is 12.1 Å². The van der Waals surface area contributed by atoms with Gasteiger partial charge in [0.1, 0.15) is 0 Å². The van der Waals surface area contributed by atoms with Crippen LogP contribution in [0.25, 0.3) is 0 Å². The molecule has 3 N–H and O–H groups in total. The Hall–Kier alpha value is -0.540. The number of hydrogen-bond donors (Lipinski definition) is 2. The van der Waals surface area contributed by atoms with Crippen LogP contribution in [0, 0.1) is 0 Å². The molecule has 3 heteroatoms. The monoisotopic (exact) mass is 198 g/mol. The van der Waals surface area contributed by atoms with Crippen LogP contribution in [0.15, 0.2) is 12.8 Å². The lowest BCUT2D eigenvalue weighted by Crippen LogP contribution is -2.39. The summed E-state index contributed by atoms with van der Waals surface area (Å²) >= 11 is 0. The van der Waals surface area contributed by atoms with Crippen molar-refractivity contribution in [2.24, 2.45) is 5.73 Å². The van der Waals surface area contributed by atoms with Crippen molar-refractivity contribution < 1.29 is 4.74 Å². The van der Waals surface area contributed by atoms with Gasteiger partial charge in [0, 0.05) is 12.1 Å². The van der Waals surface area contributed by atoms with Gasteiger partial charge in [-0.2, -0.15) is 0 Å². The Balaban J connectivity index is 1.97. The Morgan fingerprint density at radius 2 is 2.36 bits per heavy atom. The van der Waals surface area contributed by atoms with E-state index in [4.69, 9.17) is 10.5 Å². The topological polar surface area (TPSA) is 47.3 Å². The van der Waals surface area contributed by atoms with Gasteiger partial charge in [-0.3, -0.25) is 0 Å². The smallest absolute Gasteiger partial charge is 0.0885 e. The molecule has 0 saturated heterocycles. The Morgan fingerprint density at radius 3 is 3.07 bits per heavy atom. The minimum Gasteiger partial charge on any atom is -0.502 e. The second kappa shape index (κ2) is 6.85. The lowest BCUT2D eigenvalue weighted by molar-refractivity contribution is 0.239. The maximum absolute atomic E-state index is 5.90. The SMILES string of the molecule is C=COCCCNC1CCCC(N)C1. The zero-order valence-electron chi connectivity index (χ0n) is 8.87. The lowest BCUT2D eigenvalue weighted by Gasteiger charge is -2.27. The molecule has 0 aromatic carbocycles. The zero-order chi connectivity index (χ0) is 10.2. The van der Waals surface area contributed by atoms with E-state index in [-0.39, 0.29) is 0 Å². The summed E-state index contributed by atoms with van der Waals surface area (Å²) in [6, 6.07) is 1.04. The van der Waals surface area contributed by atoms with Gasteiger partial charge in [-0.15, -0.1) is 0 Å². The maximum Gasteiger partial charge on any atom is 0.0885 e. The highest BCUT2D eigenvalue weighted by molar-refractivity contribution is 4.79. The number of ether oxygens (including phenoxy) is 1. The van der Waals surface area contributed by atoms with Crippen LogP contribution in [-0.2, 0) is 4.74 Å². The summed E-state index contributed by atoms with van der Waals surface area (Å²) in [7, 11) is 0. The van der Waals surface area contributed by atoms with E-state index in [1.165, 1.54) is 25.5 Å². The van der Waals surface area contributed by atoms with Gasteiger partial charge in [0.25, 0.3) is 0 Å². The summed E-state index contributed by atoms with van der Waals surface area (Å²) in [6.07, 6.45) is 7.40.